The monoisotopic (exact) mass is 346 g/mol. The van der Waals surface area contributed by atoms with Gasteiger partial charge in [-0.3, -0.25) is 0 Å². The van der Waals surface area contributed by atoms with Crippen LogP contribution in [-0.2, 0) is 0 Å². The van der Waals surface area contributed by atoms with E-state index < -0.39 is 0 Å². The van der Waals surface area contributed by atoms with Crippen LogP contribution in [0.1, 0.15) is 19.8 Å². The second-order valence-electron chi connectivity index (χ2n) is 4.77. The van der Waals surface area contributed by atoms with Crippen molar-refractivity contribution in [2.45, 2.75) is 25.9 Å². The first kappa shape index (κ1) is 13.0. The summed E-state index contributed by atoms with van der Waals surface area (Å²) in [5.74, 6) is 0.441. The summed E-state index contributed by atoms with van der Waals surface area (Å²) in [6.45, 7) is 3.86. The third-order valence-electron chi connectivity index (χ3n) is 3.55. The molecule has 1 fully saturated rings. The molecule has 1 atom stereocenters. The highest BCUT2D eigenvalue weighted by molar-refractivity contribution is 14.1. The van der Waals surface area contributed by atoms with E-state index in [2.05, 4.69) is 39.6 Å². The van der Waals surface area contributed by atoms with E-state index in [4.69, 9.17) is 5.73 Å². The number of nitrogens with two attached hydrogens (primary N) is 1. The number of anilines is 2. The van der Waals surface area contributed by atoms with Gasteiger partial charge in [-0.2, -0.15) is 0 Å². The first-order valence-corrected chi connectivity index (χ1v) is 7.14. The molecule has 4 heteroatoms. The van der Waals surface area contributed by atoms with Gasteiger partial charge < -0.3 is 15.7 Å². The standard InChI is InChI=1S/C13H19IN2O/c1-9(17)10-4-6-16(7-5-10)13-3-2-11(14)8-12(13)15/h2-3,8-10,17H,4-7,15H2,1H3. The molecule has 0 amide bonds. The summed E-state index contributed by atoms with van der Waals surface area (Å²) < 4.78 is 1.17. The van der Waals surface area contributed by atoms with Gasteiger partial charge in [-0.05, 0) is 66.5 Å². The van der Waals surface area contributed by atoms with Crippen LogP contribution in [0.3, 0.4) is 0 Å². The van der Waals surface area contributed by atoms with Crippen LogP contribution in [-0.4, -0.2) is 24.3 Å². The highest BCUT2D eigenvalue weighted by atomic mass is 127. The van der Waals surface area contributed by atoms with Gasteiger partial charge in [0.25, 0.3) is 0 Å². The van der Waals surface area contributed by atoms with E-state index in [0.717, 1.165) is 37.3 Å². The van der Waals surface area contributed by atoms with Gasteiger partial charge in [-0.15, -0.1) is 0 Å². The molecule has 0 bridgehead atoms. The molecular weight excluding hydrogens is 327 g/mol. The van der Waals surface area contributed by atoms with Crippen LogP contribution in [0.25, 0.3) is 0 Å². The molecule has 1 unspecified atom stereocenters. The zero-order valence-electron chi connectivity index (χ0n) is 10.1. The topological polar surface area (TPSA) is 49.5 Å². The summed E-state index contributed by atoms with van der Waals surface area (Å²) in [5, 5.41) is 9.58. The first-order chi connectivity index (χ1) is 8.08. The second kappa shape index (κ2) is 5.44. The van der Waals surface area contributed by atoms with Gasteiger partial charge >= 0.3 is 0 Å². The Labute approximate surface area is 116 Å². The number of benzene rings is 1. The molecule has 1 heterocycles. The average molecular weight is 346 g/mol. The van der Waals surface area contributed by atoms with Crippen molar-refractivity contribution >= 4 is 34.0 Å². The van der Waals surface area contributed by atoms with E-state index >= 15 is 0 Å². The molecular formula is C13H19IN2O. The van der Waals surface area contributed by atoms with Crippen molar-refractivity contribution in [3.8, 4) is 0 Å². The number of piperidine rings is 1. The number of nitrogen functional groups attached to an aromatic ring is 1. The molecule has 1 aliphatic rings. The Morgan fingerprint density at radius 3 is 2.59 bits per heavy atom. The van der Waals surface area contributed by atoms with Crippen LogP contribution in [0.4, 0.5) is 11.4 Å². The fourth-order valence-corrected chi connectivity index (χ4v) is 2.95. The Morgan fingerprint density at radius 2 is 2.06 bits per heavy atom. The SMILES string of the molecule is CC(O)C1CCN(c2ccc(I)cc2N)CC1. The number of nitrogens with zero attached hydrogens (tertiary/aromatic N) is 1. The Morgan fingerprint density at radius 1 is 1.41 bits per heavy atom. The van der Waals surface area contributed by atoms with Gasteiger partial charge in [0.15, 0.2) is 0 Å². The molecule has 1 aromatic rings. The van der Waals surface area contributed by atoms with Gasteiger partial charge in [0, 0.05) is 16.7 Å². The smallest absolute Gasteiger partial charge is 0.0600 e. The molecule has 0 aliphatic carbocycles. The van der Waals surface area contributed by atoms with Crippen molar-refractivity contribution in [2.24, 2.45) is 5.92 Å². The van der Waals surface area contributed by atoms with E-state index in [1.54, 1.807) is 0 Å². The Bertz CT molecular complexity index is 387. The van der Waals surface area contributed by atoms with Gasteiger partial charge in [-0.25, -0.2) is 0 Å². The molecule has 1 aromatic carbocycles. The highest BCUT2D eigenvalue weighted by Gasteiger charge is 2.23. The first-order valence-electron chi connectivity index (χ1n) is 6.06. The summed E-state index contributed by atoms with van der Waals surface area (Å²) >= 11 is 2.27. The lowest BCUT2D eigenvalue weighted by atomic mass is 9.92. The molecule has 17 heavy (non-hydrogen) atoms. The largest absolute Gasteiger partial charge is 0.397 e. The highest BCUT2D eigenvalue weighted by Crippen LogP contribution is 2.30. The van der Waals surface area contributed by atoms with E-state index in [9.17, 15) is 5.11 Å². The average Bonchev–Trinajstić information content (AvgIpc) is 2.29. The van der Waals surface area contributed by atoms with Gasteiger partial charge in [0.2, 0.25) is 0 Å². The van der Waals surface area contributed by atoms with Crippen molar-refractivity contribution in [1.82, 2.24) is 0 Å². The molecule has 94 valence electrons. The molecule has 0 spiro atoms. The van der Waals surface area contributed by atoms with Crippen LogP contribution in [0.5, 0.6) is 0 Å². The summed E-state index contributed by atoms with van der Waals surface area (Å²) in [6.07, 6.45) is 1.90. The van der Waals surface area contributed by atoms with Gasteiger partial charge in [0.05, 0.1) is 17.5 Å². The quantitative estimate of drug-likeness (QED) is 0.639. The summed E-state index contributed by atoms with van der Waals surface area (Å²) in [5.41, 5.74) is 8.04. The van der Waals surface area contributed by atoms with Crippen molar-refractivity contribution in [3.05, 3.63) is 21.8 Å². The maximum Gasteiger partial charge on any atom is 0.0600 e. The number of rotatable bonds is 2. The van der Waals surface area contributed by atoms with E-state index in [-0.39, 0.29) is 6.10 Å². The van der Waals surface area contributed by atoms with Crippen molar-refractivity contribution in [1.29, 1.82) is 0 Å². The van der Waals surface area contributed by atoms with Crippen LogP contribution in [0, 0.1) is 9.49 Å². The molecule has 0 radical (unpaired) electrons. The van der Waals surface area contributed by atoms with Crippen molar-refractivity contribution in [3.63, 3.8) is 0 Å². The minimum absolute atomic E-state index is 0.189. The normalized spacial score (nSPS) is 19.4. The number of aliphatic hydroxyl groups is 1. The lowest BCUT2D eigenvalue weighted by Crippen LogP contribution is -2.37. The number of halogens is 1. The number of aliphatic hydroxyl groups excluding tert-OH is 1. The minimum atomic E-state index is -0.189. The molecule has 3 nitrogen and oxygen atoms in total. The number of hydrogen-bond acceptors (Lipinski definition) is 3. The molecule has 3 N–H and O–H groups in total. The van der Waals surface area contributed by atoms with Crippen molar-refractivity contribution < 1.29 is 5.11 Å². The molecule has 1 aliphatic heterocycles. The van der Waals surface area contributed by atoms with Gasteiger partial charge in [-0.1, -0.05) is 0 Å². The van der Waals surface area contributed by atoms with Crippen LogP contribution >= 0.6 is 22.6 Å². The molecule has 2 rings (SSSR count). The van der Waals surface area contributed by atoms with Gasteiger partial charge in [0.1, 0.15) is 0 Å². The Kier molecular flexibility index (Phi) is 4.14. The Balaban J connectivity index is 2.05. The zero-order chi connectivity index (χ0) is 12.4. The minimum Gasteiger partial charge on any atom is -0.397 e. The lowest BCUT2D eigenvalue weighted by Gasteiger charge is -2.35. The lowest BCUT2D eigenvalue weighted by molar-refractivity contribution is 0.110. The predicted molar refractivity (Wildman–Crippen MR) is 80.2 cm³/mol. The predicted octanol–water partition coefficient (Wildman–Crippen LogP) is 2.47. The van der Waals surface area contributed by atoms with Crippen LogP contribution in [0.15, 0.2) is 18.2 Å². The second-order valence-corrected chi connectivity index (χ2v) is 6.01. The molecule has 0 saturated carbocycles. The van der Waals surface area contributed by atoms with Crippen LogP contribution < -0.4 is 10.6 Å². The van der Waals surface area contributed by atoms with E-state index in [1.807, 2.05) is 13.0 Å². The maximum atomic E-state index is 9.58. The third-order valence-corrected chi connectivity index (χ3v) is 4.22. The Hall–Kier alpha value is -0.490. The van der Waals surface area contributed by atoms with E-state index in [1.165, 1.54) is 3.57 Å². The fourth-order valence-electron chi connectivity index (χ4n) is 2.44. The van der Waals surface area contributed by atoms with Crippen molar-refractivity contribution in [2.75, 3.05) is 23.7 Å². The summed E-state index contributed by atoms with van der Waals surface area (Å²) in [4.78, 5) is 2.32. The maximum absolute atomic E-state index is 9.58. The zero-order valence-corrected chi connectivity index (χ0v) is 12.2. The number of hydrogen-bond donors (Lipinski definition) is 2. The fraction of sp³-hybridized carbons (Fsp3) is 0.538. The van der Waals surface area contributed by atoms with E-state index in [0.29, 0.717) is 5.92 Å². The summed E-state index contributed by atoms with van der Waals surface area (Å²) in [6, 6.07) is 6.20. The molecule has 1 saturated heterocycles. The molecule has 0 aromatic heterocycles. The third kappa shape index (κ3) is 3.04. The summed E-state index contributed by atoms with van der Waals surface area (Å²) in [7, 11) is 0. The van der Waals surface area contributed by atoms with Crippen LogP contribution in [0.2, 0.25) is 0 Å².